The van der Waals surface area contributed by atoms with Crippen molar-refractivity contribution in [2.24, 2.45) is 0 Å². The molecule has 0 heterocycles. The van der Waals surface area contributed by atoms with Crippen molar-refractivity contribution in [3.8, 4) is 0 Å². The van der Waals surface area contributed by atoms with Crippen LogP contribution in [0.15, 0.2) is 122 Å². The van der Waals surface area contributed by atoms with Crippen molar-refractivity contribution in [3.05, 3.63) is 122 Å². The minimum atomic E-state index is -1.63. The van der Waals surface area contributed by atoms with Crippen LogP contribution in [0.2, 0.25) is 0 Å². The average molecular weight is 1210 g/mol. The molecule has 0 N–H and O–H groups in total. The number of esters is 2. The Kier molecular flexibility index (Phi) is 64.3. The van der Waals surface area contributed by atoms with E-state index in [0.29, 0.717) is 17.4 Å². The van der Waals surface area contributed by atoms with Gasteiger partial charge in [0.25, 0.3) is 0 Å². The zero-order chi connectivity index (χ0) is 63.3. The minimum Gasteiger partial charge on any atom is -0.545 e. The van der Waals surface area contributed by atoms with Gasteiger partial charge in [0.2, 0.25) is 0 Å². The summed E-state index contributed by atoms with van der Waals surface area (Å²) in [4.78, 5) is 37.5. The number of nitrogens with zero attached hydrogens (tertiary/aromatic N) is 1. The quantitative estimate of drug-likeness (QED) is 0.0195. The maximum absolute atomic E-state index is 12.9. The molecule has 9 nitrogen and oxygen atoms in total. The van der Waals surface area contributed by atoms with Gasteiger partial charge in [0, 0.05) is 12.8 Å². The molecule has 0 fully saturated rings. The maximum Gasteiger partial charge on any atom is 0.306 e. The largest absolute Gasteiger partial charge is 0.545 e. The number of ether oxygens (including phenoxy) is 4. The Morgan fingerprint density at radius 2 is 0.655 bits per heavy atom. The van der Waals surface area contributed by atoms with Crippen molar-refractivity contribution < 1.29 is 42.9 Å². The van der Waals surface area contributed by atoms with E-state index in [-0.39, 0.29) is 38.6 Å². The first-order chi connectivity index (χ1) is 42.6. The van der Waals surface area contributed by atoms with Crippen LogP contribution in [0.3, 0.4) is 0 Å². The molecule has 0 saturated heterocycles. The molecule has 0 aromatic heterocycles. The molecule has 2 atom stereocenters. The molecule has 0 saturated carbocycles. The number of rotatable bonds is 65. The number of carbonyl (C=O) groups excluding carboxylic acids is 3. The second-order valence-corrected chi connectivity index (χ2v) is 24.8. The predicted molar refractivity (Wildman–Crippen MR) is 370 cm³/mol. The van der Waals surface area contributed by atoms with Crippen molar-refractivity contribution in [2.45, 2.75) is 309 Å². The lowest BCUT2D eigenvalue weighted by atomic mass is 10.0. The number of hydrogen-bond donors (Lipinski definition) is 0. The Hall–Kier alpha value is -4.31. The summed E-state index contributed by atoms with van der Waals surface area (Å²) >= 11 is 0. The number of quaternary nitrogens is 1. The number of hydrogen-bond acceptors (Lipinski definition) is 8. The van der Waals surface area contributed by atoms with Gasteiger partial charge in [-0.1, -0.05) is 296 Å². The number of unbranched alkanes of at least 4 members (excludes halogenated alkanes) is 30. The van der Waals surface area contributed by atoms with Crippen LogP contribution in [0.4, 0.5) is 0 Å². The Morgan fingerprint density at radius 3 is 0.989 bits per heavy atom. The number of carboxylic acids is 1. The van der Waals surface area contributed by atoms with Gasteiger partial charge in [-0.3, -0.25) is 9.59 Å². The first-order valence-electron chi connectivity index (χ1n) is 35.7. The zero-order valence-electron chi connectivity index (χ0n) is 56.9. The van der Waals surface area contributed by atoms with Crippen LogP contribution in [0.1, 0.15) is 296 Å². The highest BCUT2D eigenvalue weighted by Gasteiger charge is 2.22. The number of likely N-dealkylation sites (N-methyl/N-ethyl adjacent to an activating group) is 1. The number of carboxylic acid groups (broad SMARTS) is 1. The maximum atomic E-state index is 12.9. The third-order valence-corrected chi connectivity index (χ3v) is 15.2. The normalized spacial score (nSPS) is 13.4. The van der Waals surface area contributed by atoms with E-state index in [1.165, 1.54) is 161 Å². The first-order valence-corrected chi connectivity index (χ1v) is 35.7. The molecule has 9 heteroatoms. The molecule has 0 aliphatic heterocycles. The van der Waals surface area contributed by atoms with Crippen LogP contribution in [0, 0.1) is 0 Å². The van der Waals surface area contributed by atoms with E-state index < -0.39 is 24.3 Å². The van der Waals surface area contributed by atoms with Gasteiger partial charge in [-0.15, -0.1) is 0 Å². The smallest absolute Gasteiger partial charge is 0.306 e. The number of carbonyl (C=O) groups is 3. The molecule has 0 rings (SSSR count). The van der Waals surface area contributed by atoms with E-state index in [1.807, 2.05) is 21.1 Å². The van der Waals surface area contributed by atoms with Gasteiger partial charge in [-0.25, -0.2) is 0 Å². The predicted octanol–water partition coefficient (Wildman–Crippen LogP) is 21.0. The van der Waals surface area contributed by atoms with Gasteiger partial charge in [-0.05, 0) is 109 Å². The average Bonchev–Trinajstić information content (AvgIpc) is 3.56. The molecule has 2 unspecified atom stereocenters. The topological polar surface area (TPSA) is 111 Å². The summed E-state index contributed by atoms with van der Waals surface area (Å²) in [5.41, 5.74) is 0. The molecular formula is C78H133NO8. The minimum absolute atomic E-state index is 0.140. The standard InChI is InChI=1S/C78H133NO8/c1-6-8-10-12-14-16-18-20-22-24-26-28-30-32-34-35-36-37-38-39-40-41-43-45-47-49-51-53-55-57-59-61-63-65-67-69-76(81)87-74(73-86-78(77(82)83)84-71-70-79(3,4)5)72-85-75(80)68-66-64-62-60-58-56-54-52-50-48-46-44-42-33-31-29-27-25-23-21-19-17-15-13-11-9-7-2/h8,10,14,16,20,22,25-28,32,34,36-37,39-40,43,45,49,51,74,78H,6-7,9,11-13,15,17-19,21,23-24,29-31,33,35,38,41-42,44,46-48,50,52-73H2,1-5H3/b10-8-,16-14-,22-20-,27-25-,28-26-,34-32-,37-36-,40-39-,45-43-,51-49-. The summed E-state index contributed by atoms with van der Waals surface area (Å²) in [6.07, 6.45) is 92.8. The Balaban J connectivity index is 4.18. The van der Waals surface area contributed by atoms with E-state index in [2.05, 4.69) is 135 Å². The molecular weight excluding hydrogens is 1080 g/mol. The van der Waals surface area contributed by atoms with E-state index in [1.54, 1.807) is 0 Å². The lowest BCUT2D eigenvalue weighted by Gasteiger charge is -2.26. The number of aliphatic carboxylic acids is 1. The van der Waals surface area contributed by atoms with Gasteiger partial charge >= 0.3 is 11.9 Å². The molecule has 498 valence electrons. The summed E-state index contributed by atoms with van der Waals surface area (Å²) in [6.45, 7) is 4.64. The summed E-state index contributed by atoms with van der Waals surface area (Å²) in [6, 6.07) is 0. The molecule has 0 aromatic rings. The molecule has 87 heavy (non-hydrogen) atoms. The lowest BCUT2D eigenvalue weighted by Crippen LogP contribution is -2.44. The van der Waals surface area contributed by atoms with Crippen molar-refractivity contribution in [1.82, 2.24) is 0 Å². The highest BCUT2D eigenvalue weighted by atomic mass is 16.7. The van der Waals surface area contributed by atoms with E-state index in [0.717, 1.165) is 103 Å². The van der Waals surface area contributed by atoms with Crippen LogP contribution in [0.5, 0.6) is 0 Å². The van der Waals surface area contributed by atoms with E-state index >= 15 is 0 Å². The molecule has 0 amide bonds. The highest BCUT2D eigenvalue weighted by molar-refractivity contribution is 5.70. The zero-order valence-corrected chi connectivity index (χ0v) is 56.9. The lowest BCUT2D eigenvalue weighted by molar-refractivity contribution is -0.870. The van der Waals surface area contributed by atoms with Gasteiger partial charge < -0.3 is 33.3 Å². The monoisotopic (exact) mass is 1210 g/mol. The molecule has 0 aliphatic carbocycles. The van der Waals surface area contributed by atoms with E-state index in [4.69, 9.17) is 18.9 Å². The highest BCUT2D eigenvalue weighted by Crippen LogP contribution is 2.17. The molecule has 0 aromatic carbocycles. The summed E-state index contributed by atoms with van der Waals surface area (Å²) in [5.74, 6) is -2.30. The third kappa shape index (κ3) is 69.0. The first kappa shape index (κ1) is 82.7. The molecule has 0 bridgehead atoms. The fourth-order valence-corrected chi connectivity index (χ4v) is 9.76. The van der Waals surface area contributed by atoms with E-state index in [9.17, 15) is 19.5 Å². The van der Waals surface area contributed by atoms with Crippen LogP contribution in [0.25, 0.3) is 0 Å². The summed E-state index contributed by atoms with van der Waals surface area (Å²) in [7, 11) is 5.92. The molecule has 0 spiro atoms. The van der Waals surface area contributed by atoms with Crippen LogP contribution >= 0.6 is 0 Å². The SMILES string of the molecule is CC/C=C\C/C=C\C/C=C\C/C=C\C/C=C\C/C=C\C/C=C\C/C=C\C/C=C\CCCCCCCCCC(=O)OC(COC(=O)CCCCCCCCCCCCCCCCC/C=C\CCCCCCCCCC)COC(OCC[N+](C)(C)C)C(=O)[O-]. The Bertz CT molecular complexity index is 1840. The third-order valence-electron chi connectivity index (χ3n) is 15.2. The van der Waals surface area contributed by atoms with Crippen LogP contribution in [-0.2, 0) is 33.3 Å². The second kappa shape index (κ2) is 67.6. The second-order valence-electron chi connectivity index (χ2n) is 24.8. The van der Waals surface area contributed by atoms with Crippen LogP contribution in [-0.4, -0.2) is 82.3 Å². The van der Waals surface area contributed by atoms with Gasteiger partial charge in [0.15, 0.2) is 12.4 Å². The Labute approximate surface area is 536 Å². The summed E-state index contributed by atoms with van der Waals surface area (Å²) in [5, 5.41) is 11.8. The van der Waals surface area contributed by atoms with Crippen molar-refractivity contribution in [2.75, 3.05) is 47.5 Å². The van der Waals surface area contributed by atoms with Crippen LogP contribution < -0.4 is 5.11 Å². The molecule has 0 radical (unpaired) electrons. The van der Waals surface area contributed by atoms with Gasteiger partial charge in [0.1, 0.15) is 13.2 Å². The van der Waals surface area contributed by atoms with Gasteiger partial charge in [-0.2, -0.15) is 0 Å². The fraction of sp³-hybridized carbons (Fsp3) is 0.705. The molecule has 0 aliphatic rings. The fourth-order valence-electron chi connectivity index (χ4n) is 9.76. The van der Waals surface area contributed by atoms with Crippen molar-refractivity contribution in [3.63, 3.8) is 0 Å². The Morgan fingerprint density at radius 1 is 0.356 bits per heavy atom. The summed E-state index contributed by atoms with van der Waals surface area (Å²) < 4.78 is 22.8. The van der Waals surface area contributed by atoms with Crippen molar-refractivity contribution in [1.29, 1.82) is 0 Å². The van der Waals surface area contributed by atoms with Crippen molar-refractivity contribution >= 4 is 17.9 Å². The van der Waals surface area contributed by atoms with Gasteiger partial charge in [0.05, 0.1) is 40.3 Å². The number of allylic oxidation sites excluding steroid dienone is 20.